The molecule has 4 nitrogen and oxygen atoms in total. The molecule has 0 bridgehead atoms. The average molecular weight is 279 g/mol. The molecule has 0 aliphatic heterocycles. The molecule has 1 aromatic carbocycles. The summed E-state index contributed by atoms with van der Waals surface area (Å²) in [7, 11) is 0. The second kappa shape index (κ2) is 8.37. The molecule has 0 radical (unpaired) electrons. The molecule has 102 valence electrons. The SMILES string of the molecule is CCOC(=O)/C=C/C(Cc1ccccc1)SC(N)=[NH2+]. The molecule has 0 fully saturated rings. The van der Waals surface area contributed by atoms with Gasteiger partial charge < -0.3 is 4.74 Å². The van der Waals surface area contributed by atoms with Gasteiger partial charge >= 0.3 is 5.97 Å². The van der Waals surface area contributed by atoms with Crippen molar-refractivity contribution >= 4 is 22.9 Å². The summed E-state index contributed by atoms with van der Waals surface area (Å²) in [5, 5.41) is 5.82. The number of ether oxygens (including phenoxy) is 1. The molecule has 0 heterocycles. The normalized spacial score (nSPS) is 12.3. The molecule has 0 spiro atoms. The van der Waals surface area contributed by atoms with E-state index in [0.29, 0.717) is 6.61 Å². The number of amidine groups is 1. The van der Waals surface area contributed by atoms with Crippen LogP contribution in [0.2, 0.25) is 0 Å². The van der Waals surface area contributed by atoms with Crippen molar-refractivity contribution in [2.45, 2.75) is 18.6 Å². The van der Waals surface area contributed by atoms with Gasteiger partial charge in [-0.05, 0) is 30.7 Å². The van der Waals surface area contributed by atoms with E-state index in [1.165, 1.54) is 17.8 Å². The second-order valence-corrected chi connectivity index (χ2v) is 5.17. The maximum Gasteiger partial charge on any atom is 0.330 e. The first-order chi connectivity index (χ1) is 9.11. The number of hydrogen-bond donors (Lipinski definition) is 2. The van der Waals surface area contributed by atoms with Crippen LogP contribution in [0.4, 0.5) is 0 Å². The fourth-order valence-electron chi connectivity index (χ4n) is 1.55. The Kier molecular flexibility index (Phi) is 6.74. The Balaban J connectivity index is 2.66. The van der Waals surface area contributed by atoms with Crippen LogP contribution in [-0.4, -0.2) is 23.0 Å². The molecule has 0 saturated carbocycles. The summed E-state index contributed by atoms with van der Waals surface area (Å²) in [6.45, 7) is 2.14. The number of hydrogen-bond acceptors (Lipinski definition) is 3. The zero-order chi connectivity index (χ0) is 14.1. The van der Waals surface area contributed by atoms with Crippen LogP contribution in [0.5, 0.6) is 0 Å². The molecule has 1 unspecified atom stereocenters. The Labute approximate surface area is 117 Å². The van der Waals surface area contributed by atoms with Crippen LogP contribution >= 0.6 is 11.8 Å². The van der Waals surface area contributed by atoms with Crippen LogP contribution in [0.1, 0.15) is 12.5 Å². The Morgan fingerprint density at radius 2 is 2.16 bits per heavy atom. The van der Waals surface area contributed by atoms with Crippen LogP contribution in [0.3, 0.4) is 0 Å². The number of thioether (sulfide) groups is 1. The van der Waals surface area contributed by atoms with Gasteiger partial charge in [0.05, 0.1) is 6.61 Å². The van der Waals surface area contributed by atoms with Crippen molar-refractivity contribution in [3.8, 4) is 0 Å². The summed E-state index contributed by atoms with van der Waals surface area (Å²) in [4.78, 5) is 11.3. The summed E-state index contributed by atoms with van der Waals surface area (Å²) in [6.07, 6.45) is 3.95. The van der Waals surface area contributed by atoms with Gasteiger partial charge in [0.1, 0.15) is 0 Å². The van der Waals surface area contributed by atoms with Crippen LogP contribution in [-0.2, 0) is 16.0 Å². The van der Waals surface area contributed by atoms with Gasteiger partial charge in [0.15, 0.2) is 0 Å². The van der Waals surface area contributed by atoms with E-state index in [0.717, 1.165) is 12.0 Å². The molecule has 0 aliphatic carbocycles. The molecular weight excluding hydrogens is 260 g/mol. The lowest BCUT2D eigenvalue weighted by molar-refractivity contribution is -0.137. The maximum absolute atomic E-state index is 11.3. The quantitative estimate of drug-likeness (QED) is 0.344. The molecule has 0 aliphatic rings. The van der Waals surface area contributed by atoms with Crippen molar-refractivity contribution < 1.29 is 14.9 Å². The lowest BCUT2D eigenvalue weighted by atomic mass is 10.1. The van der Waals surface area contributed by atoms with Crippen molar-refractivity contribution in [3.05, 3.63) is 48.0 Å². The predicted molar refractivity (Wildman–Crippen MR) is 78.4 cm³/mol. The minimum atomic E-state index is -0.350. The third-order valence-electron chi connectivity index (χ3n) is 2.30. The molecule has 0 amide bonds. The van der Waals surface area contributed by atoms with Crippen LogP contribution in [0, 0.1) is 0 Å². The summed E-state index contributed by atoms with van der Waals surface area (Å²) in [5.41, 5.74) is 6.68. The zero-order valence-corrected chi connectivity index (χ0v) is 11.7. The summed E-state index contributed by atoms with van der Waals surface area (Å²) in [5.74, 6) is -0.350. The highest BCUT2D eigenvalue weighted by molar-refractivity contribution is 8.14. The molecule has 1 atom stereocenters. The van der Waals surface area contributed by atoms with E-state index in [1.807, 2.05) is 30.3 Å². The number of carbonyl (C=O) groups is 1. The van der Waals surface area contributed by atoms with E-state index >= 15 is 0 Å². The van der Waals surface area contributed by atoms with Gasteiger partial charge in [-0.15, -0.1) is 0 Å². The van der Waals surface area contributed by atoms with Crippen LogP contribution in [0.25, 0.3) is 0 Å². The topological polar surface area (TPSA) is 77.9 Å². The first kappa shape index (κ1) is 15.3. The Morgan fingerprint density at radius 3 is 2.74 bits per heavy atom. The van der Waals surface area contributed by atoms with E-state index in [1.54, 1.807) is 13.0 Å². The zero-order valence-electron chi connectivity index (χ0n) is 10.9. The first-order valence-electron chi connectivity index (χ1n) is 6.05. The number of benzene rings is 1. The Hall–Kier alpha value is -1.75. The smallest absolute Gasteiger partial charge is 0.330 e. The number of nitrogens with two attached hydrogens (primary N) is 2. The molecule has 5 heteroatoms. The van der Waals surface area contributed by atoms with E-state index < -0.39 is 0 Å². The van der Waals surface area contributed by atoms with Crippen LogP contribution < -0.4 is 11.1 Å². The number of esters is 1. The Bertz CT molecular complexity index is 446. The lowest BCUT2D eigenvalue weighted by Crippen LogP contribution is -2.44. The summed E-state index contributed by atoms with van der Waals surface area (Å²) >= 11 is 1.33. The van der Waals surface area contributed by atoms with E-state index in [-0.39, 0.29) is 16.4 Å². The van der Waals surface area contributed by atoms with Crippen molar-refractivity contribution in [3.63, 3.8) is 0 Å². The Morgan fingerprint density at radius 1 is 1.47 bits per heavy atom. The minimum Gasteiger partial charge on any atom is -0.463 e. The van der Waals surface area contributed by atoms with Gasteiger partial charge in [0.2, 0.25) is 0 Å². The van der Waals surface area contributed by atoms with Gasteiger partial charge in [-0.3, -0.25) is 11.1 Å². The second-order valence-electron chi connectivity index (χ2n) is 3.86. The first-order valence-corrected chi connectivity index (χ1v) is 6.93. The molecule has 0 saturated heterocycles. The molecule has 1 rings (SSSR count). The van der Waals surface area contributed by atoms with Crippen molar-refractivity contribution in [1.82, 2.24) is 0 Å². The van der Waals surface area contributed by atoms with Gasteiger partial charge in [-0.25, -0.2) is 4.79 Å². The third kappa shape index (κ3) is 6.67. The maximum atomic E-state index is 11.3. The van der Waals surface area contributed by atoms with Crippen LogP contribution in [0.15, 0.2) is 42.5 Å². The van der Waals surface area contributed by atoms with Gasteiger partial charge in [-0.2, -0.15) is 0 Å². The highest BCUT2D eigenvalue weighted by atomic mass is 32.2. The summed E-state index contributed by atoms with van der Waals surface area (Å²) < 4.78 is 4.84. The predicted octanol–water partition coefficient (Wildman–Crippen LogP) is 0.524. The molecule has 4 N–H and O–H groups in total. The standard InChI is InChI=1S/C14H18N2O2S/c1-2-18-13(17)9-8-12(19-14(15)16)10-11-6-4-3-5-7-11/h3-9,12H,2,10H2,1H3,(H3,15,16)/p+1/b9-8+. The van der Waals surface area contributed by atoms with E-state index in [2.05, 4.69) is 0 Å². The third-order valence-corrected chi connectivity index (χ3v) is 3.20. The lowest BCUT2D eigenvalue weighted by Gasteiger charge is -2.09. The van der Waals surface area contributed by atoms with Gasteiger partial charge in [-0.1, -0.05) is 36.4 Å². The minimum absolute atomic E-state index is 0.0109. The van der Waals surface area contributed by atoms with Crippen molar-refractivity contribution in [2.75, 3.05) is 6.61 Å². The number of rotatable bonds is 6. The van der Waals surface area contributed by atoms with Crippen molar-refractivity contribution in [1.29, 1.82) is 0 Å². The molecule has 1 aromatic rings. The number of carbonyl (C=O) groups excluding carboxylic acids is 1. The van der Waals surface area contributed by atoms with E-state index in [4.69, 9.17) is 15.9 Å². The highest BCUT2D eigenvalue weighted by Crippen LogP contribution is 2.16. The largest absolute Gasteiger partial charge is 0.463 e. The fraction of sp³-hybridized carbons (Fsp3) is 0.286. The van der Waals surface area contributed by atoms with Gasteiger partial charge in [0.25, 0.3) is 5.17 Å². The highest BCUT2D eigenvalue weighted by Gasteiger charge is 2.12. The molecule has 19 heavy (non-hydrogen) atoms. The average Bonchev–Trinajstić information content (AvgIpc) is 2.37. The van der Waals surface area contributed by atoms with Crippen molar-refractivity contribution in [2.24, 2.45) is 5.73 Å². The van der Waals surface area contributed by atoms with Gasteiger partial charge in [0, 0.05) is 11.3 Å². The summed E-state index contributed by atoms with van der Waals surface area (Å²) in [6, 6.07) is 9.96. The monoisotopic (exact) mass is 279 g/mol. The molecule has 0 aromatic heterocycles. The van der Waals surface area contributed by atoms with E-state index in [9.17, 15) is 4.79 Å². The molecular formula is C14H19N2O2S+. The fourth-order valence-corrected chi connectivity index (χ4v) is 2.33.